The summed E-state index contributed by atoms with van der Waals surface area (Å²) in [4.78, 5) is 23.0. The van der Waals surface area contributed by atoms with Gasteiger partial charge in [-0.2, -0.15) is 8.42 Å². The van der Waals surface area contributed by atoms with Gasteiger partial charge in [-0.3, -0.25) is 14.5 Å². The number of nitrogens with zero attached hydrogens (tertiary/aromatic N) is 1. The molecule has 0 aromatic heterocycles. The molecule has 1 fully saturated rings. The van der Waals surface area contributed by atoms with E-state index in [2.05, 4.69) is 0 Å². The number of rotatable bonds is 3. The van der Waals surface area contributed by atoms with Gasteiger partial charge in [0.05, 0.1) is 5.75 Å². The van der Waals surface area contributed by atoms with Crippen LogP contribution in [0.3, 0.4) is 0 Å². The van der Waals surface area contributed by atoms with Gasteiger partial charge in [0.25, 0.3) is 0 Å². The van der Waals surface area contributed by atoms with Crippen molar-refractivity contribution in [2.24, 2.45) is 0 Å². The Morgan fingerprint density at radius 3 is 2.14 bits per heavy atom. The second-order valence-corrected chi connectivity index (χ2v) is 4.52. The van der Waals surface area contributed by atoms with Crippen molar-refractivity contribution in [3.63, 3.8) is 0 Å². The van der Waals surface area contributed by atoms with Crippen LogP contribution in [0.15, 0.2) is 0 Å². The van der Waals surface area contributed by atoms with E-state index in [9.17, 15) is 21.9 Å². The topological polar surface area (TPSA) is 71.5 Å². The van der Waals surface area contributed by atoms with Gasteiger partial charge in [0.2, 0.25) is 11.8 Å². The summed E-state index contributed by atoms with van der Waals surface area (Å²) in [5.74, 6) is -1.67. The standard InChI is InChI=1S/C7H10FNO4S/c8-14(12,13)5-4-9-6(10)2-1-3-7(9)11/h1-5H2. The SMILES string of the molecule is O=C1CCCC(=O)N1CCS(=O)(=O)F. The van der Waals surface area contributed by atoms with Gasteiger partial charge in [0, 0.05) is 19.4 Å². The molecule has 1 aliphatic heterocycles. The maximum Gasteiger partial charge on any atom is 0.304 e. The normalized spacial score (nSPS) is 18.8. The molecule has 5 nitrogen and oxygen atoms in total. The largest absolute Gasteiger partial charge is 0.304 e. The Kier molecular flexibility index (Phi) is 3.20. The van der Waals surface area contributed by atoms with Crippen molar-refractivity contribution in [3.8, 4) is 0 Å². The number of imide groups is 1. The number of hydrogen-bond donors (Lipinski definition) is 0. The number of likely N-dealkylation sites (tertiary alicyclic amines) is 1. The molecule has 0 aromatic rings. The van der Waals surface area contributed by atoms with E-state index in [1.165, 1.54) is 0 Å². The first kappa shape index (κ1) is 11.1. The molecule has 1 rings (SSSR count). The van der Waals surface area contributed by atoms with Crippen molar-refractivity contribution in [2.45, 2.75) is 19.3 Å². The Morgan fingerprint density at radius 2 is 1.71 bits per heavy atom. The van der Waals surface area contributed by atoms with E-state index in [0.29, 0.717) is 6.42 Å². The summed E-state index contributed by atoms with van der Waals surface area (Å²) in [6.45, 7) is -0.378. The summed E-state index contributed by atoms with van der Waals surface area (Å²) >= 11 is 0. The van der Waals surface area contributed by atoms with Crippen molar-refractivity contribution in [2.75, 3.05) is 12.3 Å². The van der Waals surface area contributed by atoms with E-state index in [0.717, 1.165) is 4.90 Å². The minimum Gasteiger partial charge on any atom is -0.282 e. The van der Waals surface area contributed by atoms with Gasteiger partial charge in [-0.05, 0) is 6.42 Å². The first-order valence-corrected chi connectivity index (χ1v) is 5.71. The molecule has 0 unspecified atom stereocenters. The van der Waals surface area contributed by atoms with Crippen LogP contribution in [0.2, 0.25) is 0 Å². The van der Waals surface area contributed by atoms with Crippen LogP contribution in [-0.4, -0.2) is 37.4 Å². The minimum absolute atomic E-state index is 0.220. The third kappa shape index (κ3) is 3.06. The summed E-state index contributed by atoms with van der Waals surface area (Å²) in [5, 5.41) is 0. The first-order valence-electron chi connectivity index (χ1n) is 4.16. The van der Waals surface area contributed by atoms with Gasteiger partial charge >= 0.3 is 10.2 Å². The third-order valence-electron chi connectivity index (χ3n) is 1.94. The molecule has 1 aliphatic rings. The van der Waals surface area contributed by atoms with E-state index >= 15 is 0 Å². The van der Waals surface area contributed by atoms with Crippen LogP contribution in [0.5, 0.6) is 0 Å². The van der Waals surface area contributed by atoms with Crippen molar-refractivity contribution in [1.29, 1.82) is 0 Å². The lowest BCUT2D eigenvalue weighted by Gasteiger charge is -2.23. The average Bonchev–Trinajstić information content (AvgIpc) is 2.01. The Hall–Kier alpha value is -0.980. The van der Waals surface area contributed by atoms with Crippen LogP contribution in [-0.2, 0) is 19.8 Å². The lowest BCUT2D eigenvalue weighted by molar-refractivity contribution is -0.147. The Balaban J connectivity index is 2.57. The molecule has 2 amide bonds. The van der Waals surface area contributed by atoms with Crippen molar-refractivity contribution in [1.82, 2.24) is 4.90 Å². The molecule has 80 valence electrons. The van der Waals surface area contributed by atoms with Gasteiger partial charge in [-0.15, -0.1) is 3.89 Å². The average molecular weight is 223 g/mol. The molecule has 0 aromatic carbocycles. The molecule has 14 heavy (non-hydrogen) atoms. The van der Waals surface area contributed by atoms with E-state index < -0.39 is 27.8 Å². The molecule has 1 saturated heterocycles. The van der Waals surface area contributed by atoms with Crippen LogP contribution in [0.25, 0.3) is 0 Å². The molecular formula is C7H10FNO4S. The molecule has 0 spiro atoms. The molecule has 0 radical (unpaired) electrons. The third-order valence-corrected chi connectivity index (χ3v) is 2.61. The van der Waals surface area contributed by atoms with E-state index in [-0.39, 0.29) is 19.4 Å². The highest BCUT2D eigenvalue weighted by atomic mass is 32.3. The van der Waals surface area contributed by atoms with Gasteiger partial charge in [-0.25, -0.2) is 0 Å². The smallest absolute Gasteiger partial charge is 0.282 e. The van der Waals surface area contributed by atoms with E-state index in [1.54, 1.807) is 0 Å². The Labute approximate surface area is 81.1 Å². The fourth-order valence-corrected chi connectivity index (χ4v) is 1.65. The maximum atomic E-state index is 12.1. The predicted octanol–water partition coefficient (Wildman–Crippen LogP) is -0.175. The van der Waals surface area contributed by atoms with Crippen molar-refractivity contribution >= 4 is 22.0 Å². The van der Waals surface area contributed by atoms with Gasteiger partial charge in [0.1, 0.15) is 0 Å². The summed E-state index contributed by atoms with van der Waals surface area (Å²) in [6.07, 6.45) is 0.923. The van der Waals surface area contributed by atoms with Gasteiger partial charge in [0.15, 0.2) is 0 Å². The second-order valence-electron chi connectivity index (χ2n) is 3.04. The van der Waals surface area contributed by atoms with Crippen LogP contribution in [0, 0.1) is 0 Å². The number of halogens is 1. The first-order chi connectivity index (χ1) is 6.40. The number of amides is 2. The van der Waals surface area contributed by atoms with E-state index in [4.69, 9.17) is 0 Å². The zero-order chi connectivity index (χ0) is 10.8. The monoisotopic (exact) mass is 223 g/mol. The van der Waals surface area contributed by atoms with Crippen LogP contribution < -0.4 is 0 Å². The molecule has 7 heteroatoms. The quantitative estimate of drug-likeness (QED) is 0.491. The van der Waals surface area contributed by atoms with Crippen LogP contribution >= 0.6 is 0 Å². The number of carbonyl (C=O) groups is 2. The summed E-state index contributed by atoms with van der Waals surface area (Å²) in [5.41, 5.74) is 0. The fraction of sp³-hybridized carbons (Fsp3) is 0.714. The molecule has 0 bridgehead atoms. The lowest BCUT2D eigenvalue weighted by atomic mass is 10.1. The molecule has 1 heterocycles. The molecule has 0 aliphatic carbocycles. The number of carbonyl (C=O) groups excluding carboxylic acids is 2. The van der Waals surface area contributed by atoms with Crippen LogP contribution in [0.1, 0.15) is 19.3 Å². The zero-order valence-electron chi connectivity index (χ0n) is 7.40. The molecular weight excluding hydrogens is 213 g/mol. The summed E-state index contributed by atoms with van der Waals surface area (Å²) < 4.78 is 32.5. The Morgan fingerprint density at radius 1 is 1.21 bits per heavy atom. The molecule has 0 saturated carbocycles. The maximum absolute atomic E-state index is 12.1. The summed E-state index contributed by atoms with van der Waals surface area (Å²) in [6, 6.07) is 0. The van der Waals surface area contributed by atoms with Crippen molar-refractivity contribution < 1.29 is 21.9 Å². The molecule has 0 N–H and O–H groups in total. The van der Waals surface area contributed by atoms with Crippen molar-refractivity contribution in [3.05, 3.63) is 0 Å². The highest BCUT2D eigenvalue weighted by Crippen LogP contribution is 2.12. The second kappa shape index (κ2) is 4.04. The number of piperidine rings is 1. The highest BCUT2D eigenvalue weighted by molar-refractivity contribution is 7.86. The predicted molar refractivity (Wildman–Crippen MR) is 45.5 cm³/mol. The summed E-state index contributed by atoms with van der Waals surface area (Å²) in [7, 11) is -4.62. The minimum atomic E-state index is -4.62. The van der Waals surface area contributed by atoms with Gasteiger partial charge in [-0.1, -0.05) is 0 Å². The zero-order valence-corrected chi connectivity index (χ0v) is 8.22. The lowest BCUT2D eigenvalue weighted by Crippen LogP contribution is -2.42. The molecule has 0 atom stereocenters. The fourth-order valence-electron chi connectivity index (χ4n) is 1.25. The highest BCUT2D eigenvalue weighted by Gasteiger charge is 2.26. The number of hydrogen-bond acceptors (Lipinski definition) is 4. The van der Waals surface area contributed by atoms with E-state index in [1.807, 2.05) is 0 Å². The van der Waals surface area contributed by atoms with Gasteiger partial charge < -0.3 is 0 Å². The van der Waals surface area contributed by atoms with Crippen LogP contribution in [0.4, 0.5) is 3.89 Å². The Bertz CT molecular complexity index is 335.